The molecule has 1 aliphatic rings. The fourth-order valence-electron chi connectivity index (χ4n) is 3.29. The smallest absolute Gasteiger partial charge is 0.416 e. The first-order valence-corrected chi connectivity index (χ1v) is 9.54. The quantitative estimate of drug-likeness (QED) is 0.491. The molecule has 2 atom stereocenters. The van der Waals surface area contributed by atoms with E-state index in [4.69, 9.17) is 21.1 Å². The zero-order valence-corrected chi connectivity index (χ0v) is 16.9. The van der Waals surface area contributed by atoms with Gasteiger partial charge in [0.05, 0.1) is 35.9 Å². The molecular formula is C20H21ClF3NO4. The van der Waals surface area contributed by atoms with Crippen molar-refractivity contribution in [1.82, 2.24) is 0 Å². The number of alkyl halides is 4. The Kier molecular flexibility index (Phi) is 7.46. The standard InChI is InChI=1S/C20H21ClF3NO4/c1-4-28-18(26)15-11(3)25-14(10-21)17(19(27)29-5-2)16(15)12-7-6-8-13(9-12)20(22,23)24/h6-9,15-16H,4-5,10H2,1-3H3. The predicted octanol–water partition coefficient (Wildman–Crippen LogP) is 4.50. The fraction of sp³-hybridized carbons (Fsp3) is 0.450. The van der Waals surface area contributed by atoms with E-state index in [1.807, 2.05) is 0 Å². The SMILES string of the molecule is CCOC(=O)C1=C(CCl)N=C(C)C(C(=O)OCC)C1c1cccc(C(F)(F)F)c1. The van der Waals surface area contributed by atoms with Crippen LogP contribution in [0.4, 0.5) is 13.2 Å². The van der Waals surface area contributed by atoms with Crippen LogP contribution in [-0.2, 0) is 25.2 Å². The molecule has 0 amide bonds. The highest BCUT2D eigenvalue weighted by molar-refractivity contribution is 6.20. The lowest BCUT2D eigenvalue weighted by Gasteiger charge is -2.32. The summed E-state index contributed by atoms with van der Waals surface area (Å²) < 4.78 is 50.0. The van der Waals surface area contributed by atoms with Gasteiger partial charge in [0.1, 0.15) is 5.92 Å². The molecule has 5 nitrogen and oxygen atoms in total. The molecule has 29 heavy (non-hydrogen) atoms. The summed E-state index contributed by atoms with van der Waals surface area (Å²) in [5, 5.41) is 0. The normalized spacial score (nSPS) is 19.6. The summed E-state index contributed by atoms with van der Waals surface area (Å²) >= 11 is 5.96. The molecule has 0 N–H and O–H groups in total. The maximum absolute atomic E-state index is 13.3. The second-order valence-electron chi connectivity index (χ2n) is 6.30. The van der Waals surface area contributed by atoms with Gasteiger partial charge in [-0.2, -0.15) is 13.2 Å². The lowest BCUT2D eigenvalue weighted by molar-refractivity contribution is -0.146. The van der Waals surface area contributed by atoms with E-state index in [2.05, 4.69) is 4.99 Å². The van der Waals surface area contributed by atoms with Gasteiger partial charge in [0.15, 0.2) is 0 Å². The lowest BCUT2D eigenvalue weighted by atomic mass is 9.75. The van der Waals surface area contributed by atoms with E-state index in [0.29, 0.717) is 5.71 Å². The predicted molar refractivity (Wildman–Crippen MR) is 102 cm³/mol. The highest BCUT2D eigenvalue weighted by Gasteiger charge is 2.43. The number of allylic oxidation sites excluding steroid dienone is 1. The minimum Gasteiger partial charge on any atom is -0.465 e. The van der Waals surface area contributed by atoms with Crippen LogP contribution in [0.2, 0.25) is 0 Å². The van der Waals surface area contributed by atoms with Crippen LogP contribution in [0.5, 0.6) is 0 Å². The minimum atomic E-state index is -4.59. The van der Waals surface area contributed by atoms with Crippen LogP contribution in [0.1, 0.15) is 37.8 Å². The minimum absolute atomic E-state index is 0.0372. The monoisotopic (exact) mass is 431 g/mol. The summed E-state index contributed by atoms with van der Waals surface area (Å²) in [5.41, 5.74) is -0.351. The number of benzene rings is 1. The first-order valence-electron chi connectivity index (χ1n) is 9.00. The average molecular weight is 432 g/mol. The summed E-state index contributed by atoms with van der Waals surface area (Å²) in [7, 11) is 0. The van der Waals surface area contributed by atoms with Crippen LogP contribution in [0.3, 0.4) is 0 Å². The maximum Gasteiger partial charge on any atom is 0.416 e. The average Bonchev–Trinajstić information content (AvgIpc) is 2.66. The Labute approximate surface area is 171 Å². The van der Waals surface area contributed by atoms with Crippen LogP contribution >= 0.6 is 11.6 Å². The van der Waals surface area contributed by atoms with Crippen molar-refractivity contribution in [2.75, 3.05) is 19.1 Å². The highest BCUT2D eigenvalue weighted by Crippen LogP contribution is 2.42. The lowest BCUT2D eigenvalue weighted by Crippen LogP contribution is -2.37. The van der Waals surface area contributed by atoms with E-state index in [1.54, 1.807) is 20.8 Å². The van der Waals surface area contributed by atoms with Crippen molar-refractivity contribution in [1.29, 1.82) is 0 Å². The summed E-state index contributed by atoms with van der Waals surface area (Å²) in [5.74, 6) is -3.79. The molecule has 0 radical (unpaired) electrons. The van der Waals surface area contributed by atoms with E-state index in [1.165, 1.54) is 12.1 Å². The van der Waals surface area contributed by atoms with Crippen molar-refractivity contribution in [2.24, 2.45) is 10.9 Å². The number of halogens is 4. The number of carbonyl (C=O) groups excluding carboxylic acids is 2. The van der Waals surface area contributed by atoms with Gasteiger partial charge in [0.2, 0.25) is 0 Å². The van der Waals surface area contributed by atoms with Crippen LogP contribution < -0.4 is 0 Å². The van der Waals surface area contributed by atoms with Gasteiger partial charge in [0.25, 0.3) is 0 Å². The van der Waals surface area contributed by atoms with Gasteiger partial charge < -0.3 is 9.47 Å². The largest absolute Gasteiger partial charge is 0.465 e. The molecule has 1 heterocycles. The van der Waals surface area contributed by atoms with Crippen LogP contribution in [-0.4, -0.2) is 36.7 Å². The Morgan fingerprint density at radius 2 is 1.83 bits per heavy atom. The van der Waals surface area contributed by atoms with E-state index in [9.17, 15) is 22.8 Å². The molecule has 0 saturated carbocycles. The molecule has 0 bridgehead atoms. The Balaban J connectivity index is 2.73. The maximum atomic E-state index is 13.3. The van der Waals surface area contributed by atoms with Crippen molar-refractivity contribution in [3.63, 3.8) is 0 Å². The second kappa shape index (κ2) is 9.43. The van der Waals surface area contributed by atoms with Gasteiger partial charge in [-0.3, -0.25) is 9.79 Å². The van der Waals surface area contributed by atoms with E-state index in [0.717, 1.165) is 12.1 Å². The van der Waals surface area contributed by atoms with Gasteiger partial charge in [-0.1, -0.05) is 18.2 Å². The third kappa shape index (κ3) is 4.98. The molecule has 158 valence electrons. The molecule has 0 aliphatic carbocycles. The van der Waals surface area contributed by atoms with E-state index >= 15 is 0 Å². The van der Waals surface area contributed by atoms with Crippen molar-refractivity contribution in [3.8, 4) is 0 Å². The molecular weight excluding hydrogens is 411 g/mol. The van der Waals surface area contributed by atoms with Gasteiger partial charge in [-0.15, -0.1) is 11.6 Å². The number of esters is 2. The Bertz CT molecular complexity index is 848. The fourth-order valence-corrected chi connectivity index (χ4v) is 3.50. The van der Waals surface area contributed by atoms with Crippen molar-refractivity contribution < 1.29 is 32.2 Å². The van der Waals surface area contributed by atoms with E-state index in [-0.39, 0.29) is 35.9 Å². The molecule has 0 fully saturated rings. The summed E-state index contributed by atoms with van der Waals surface area (Å²) in [6.07, 6.45) is -4.59. The molecule has 2 unspecified atom stereocenters. The van der Waals surface area contributed by atoms with Gasteiger partial charge >= 0.3 is 18.1 Å². The van der Waals surface area contributed by atoms with Gasteiger partial charge in [0, 0.05) is 11.6 Å². The molecule has 9 heteroatoms. The number of hydrogen-bond donors (Lipinski definition) is 0. The molecule has 1 aromatic carbocycles. The number of rotatable bonds is 6. The third-order valence-electron chi connectivity index (χ3n) is 4.45. The van der Waals surface area contributed by atoms with Crippen molar-refractivity contribution >= 4 is 29.3 Å². The van der Waals surface area contributed by atoms with Crippen LogP contribution in [0, 0.1) is 5.92 Å². The highest BCUT2D eigenvalue weighted by atomic mass is 35.5. The summed E-state index contributed by atoms with van der Waals surface area (Å²) in [6, 6.07) is 4.49. The van der Waals surface area contributed by atoms with Crippen LogP contribution in [0.25, 0.3) is 0 Å². The number of carbonyl (C=O) groups is 2. The zero-order chi connectivity index (χ0) is 21.8. The summed E-state index contributed by atoms with van der Waals surface area (Å²) in [4.78, 5) is 29.6. The molecule has 1 aromatic rings. The molecule has 1 aliphatic heterocycles. The Morgan fingerprint density at radius 3 is 2.38 bits per heavy atom. The molecule has 2 rings (SSSR count). The number of aliphatic imine (C=N–C) groups is 1. The zero-order valence-electron chi connectivity index (χ0n) is 16.2. The summed E-state index contributed by atoms with van der Waals surface area (Å²) in [6.45, 7) is 4.87. The topological polar surface area (TPSA) is 65.0 Å². The number of nitrogens with zero attached hydrogens (tertiary/aromatic N) is 1. The number of hydrogen-bond acceptors (Lipinski definition) is 5. The van der Waals surface area contributed by atoms with E-state index < -0.39 is 35.5 Å². The molecule has 0 aromatic heterocycles. The third-order valence-corrected chi connectivity index (χ3v) is 4.71. The Morgan fingerprint density at radius 1 is 1.17 bits per heavy atom. The van der Waals surface area contributed by atoms with Crippen molar-refractivity contribution in [2.45, 2.75) is 32.9 Å². The number of ether oxygens (including phenoxy) is 2. The van der Waals surface area contributed by atoms with Gasteiger partial charge in [-0.25, -0.2) is 4.79 Å². The first kappa shape index (κ1) is 22.9. The Hall–Kier alpha value is -2.35. The van der Waals surface area contributed by atoms with Crippen LogP contribution in [0.15, 0.2) is 40.5 Å². The molecule has 0 spiro atoms. The molecule has 0 saturated heterocycles. The first-order chi connectivity index (χ1) is 13.6. The van der Waals surface area contributed by atoms with Crippen molar-refractivity contribution in [3.05, 3.63) is 46.7 Å². The van der Waals surface area contributed by atoms with Gasteiger partial charge in [-0.05, 0) is 32.4 Å². The second-order valence-corrected chi connectivity index (χ2v) is 6.57.